The van der Waals surface area contributed by atoms with Gasteiger partial charge in [-0.1, -0.05) is 0 Å². The lowest BCUT2D eigenvalue weighted by atomic mass is 10.1. The molecule has 0 bridgehead atoms. The number of anilines is 2. The van der Waals surface area contributed by atoms with E-state index in [-0.39, 0.29) is 23.6 Å². The van der Waals surface area contributed by atoms with Crippen molar-refractivity contribution in [3.8, 4) is 11.5 Å². The molecule has 0 aliphatic carbocycles. The Balaban J connectivity index is 1.75. The zero-order chi connectivity index (χ0) is 19.2. The first-order valence-electron chi connectivity index (χ1n) is 8.54. The molecule has 4 rings (SSSR count). The van der Waals surface area contributed by atoms with Gasteiger partial charge in [-0.25, -0.2) is 8.42 Å². The van der Waals surface area contributed by atoms with Gasteiger partial charge in [-0.15, -0.1) is 0 Å². The number of benzene rings is 2. The van der Waals surface area contributed by atoms with Crippen LogP contribution in [0.4, 0.5) is 11.4 Å². The number of thiocarbonyl (C=S) groups is 1. The van der Waals surface area contributed by atoms with Gasteiger partial charge >= 0.3 is 0 Å². The number of nitrogens with zero attached hydrogens (tertiary/aromatic N) is 2. The van der Waals surface area contributed by atoms with Crippen molar-refractivity contribution in [2.24, 2.45) is 0 Å². The molecular weight excluding hydrogens is 384 g/mol. The number of ether oxygens (including phenoxy) is 2. The molecule has 2 atom stereocenters. The lowest BCUT2D eigenvalue weighted by Crippen LogP contribution is -2.37. The summed E-state index contributed by atoms with van der Waals surface area (Å²) in [5.41, 5.74) is 1.73. The number of hydrogen-bond acceptors (Lipinski definition) is 5. The van der Waals surface area contributed by atoms with Crippen molar-refractivity contribution >= 4 is 38.5 Å². The van der Waals surface area contributed by atoms with Gasteiger partial charge in [0.05, 0.1) is 37.8 Å². The predicted molar refractivity (Wildman–Crippen MR) is 110 cm³/mol. The highest BCUT2D eigenvalue weighted by molar-refractivity contribution is 7.91. The smallest absolute Gasteiger partial charge is 0.181 e. The Kier molecular flexibility index (Phi) is 4.47. The molecule has 27 heavy (non-hydrogen) atoms. The minimum absolute atomic E-state index is 0.0937. The normalized spacial score (nSPS) is 23.4. The molecule has 142 valence electrons. The molecule has 2 fully saturated rings. The molecule has 0 spiro atoms. The fraction of sp³-hybridized carbons (Fsp3) is 0.316. The van der Waals surface area contributed by atoms with Crippen molar-refractivity contribution in [1.29, 1.82) is 0 Å². The van der Waals surface area contributed by atoms with Crippen LogP contribution in [-0.2, 0) is 9.84 Å². The van der Waals surface area contributed by atoms with E-state index in [9.17, 15) is 8.42 Å². The van der Waals surface area contributed by atoms with Gasteiger partial charge in [0.1, 0.15) is 11.5 Å². The monoisotopic (exact) mass is 404 g/mol. The highest BCUT2D eigenvalue weighted by Crippen LogP contribution is 2.38. The Labute approximate surface area is 164 Å². The van der Waals surface area contributed by atoms with Crippen LogP contribution in [0.2, 0.25) is 0 Å². The Morgan fingerprint density at radius 2 is 1.19 bits per heavy atom. The maximum absolute atomic E-state index is 12.4. The van der Waals surface area contributed by atoms with Crippen molar-refractivity contribution in [1.82, 2.24) is 0 Å². The van der Waals surface area contributed by atoms with Crippen LogP contribution in [0, 0.1) is 0 Å². The second-order valence-electron chi connectivity index (χ2n) is 6.63. The first kappa shape index (κ1) is 18.1. The van der Waals surface area contributed by atoms with Gasteiger partial charge in [-0.3, -0.25) is 0 Å². The van der Waals surface area contributed by atoms with Crippen LogP contribution < -0.4 is 19.3 Å². The summed E-state index contributed by atoms with van der Waals surface area (Å²) in [6, 6.07) is 14.6. The van der Waals surface area contributed by atoms with Crippen molar-refractivity contribution in [3.05, 3.63) is 48.5 Å². The third kappa shape index (κ3) is 3.12. The molecule has 0 N–H and O–H groups in total. The van der Waals surface area contributed by atoms with Crippen LogP contribution >= 0.6 is 12.2 Å². The van der Waals surface area contributed by atoms with Gasteiger partial charge in [0.15, 0.2) is 14.9 Å². The van der Waals surface area contributed by atoms with Crippen molar-refractivity contribution in [3.63, 3.8) is 0 Å². The Morgan fingerprint density at radius 3 is 1.52 bits per heavy atom. The first-order valence-corrected chi connectivity index (χ1v) is 10.8. The quantitative estimate of drug-likeness (QED) is 0.726. The second-order valence-corrected chi connectivity index (χ2v) is 9.15. The standard InChI is InChI=1S/C19H20N2O4S2/c1-24-15-7-3-13(4-8-15)20-17-11-27(22,23)12-18(17)21(19(20)26)14-5-9-16(25-2)10-6-14/h3-10,17-18H,11-12H2,1-2H3/t17-,18+. The van der Waals surface area contributed by atoms with E-state index in [1.54, 1.807) is 14.2 Å². The third-order valence-corrected chi connectivity index (χ3v) is 7.16. The summed E-state index contributed by atoms with van der Waals surface area (Å²) in [5, 5.41) is 0.607. The molecule has 6 nitrogen and oxygen atoms in total. The molecule has 0 aromatic heterocycles. The Morgan fingerprint density at radius 1 is 0.815 bits per heavy atom. The number of sulfone groups is 1. The molecule has 2 aromatic rings. The maximum atomic E-state index is 12.4. The number of methoxy groups -OCH3 is 2. The van der Waals surface area contributed by atoms with Crippen LogP contribution in [0.3, 0.4) is 0 Å². The molecule has 0 amide bonds. The summed E-state index contributed by atoms with van der Waals surface area (Å²) in [7, 11) is 0.0944. The third-order valence-electron chi connectivity index (χ3n) is 5.07. The van der Waals surface area contributed by atoms with E-state index in [4.69, 9.17) is 21.7 Å². The van der Waals surface area contributed by atoms with Gasteiger partial charge in [0.2, 0.25) is 0 Å². The summed E-state index contributed by atoms with van der Waals surface area (Å²) < 4.78 is 35.2. The molecule has 2 aliphatic rings. The SMILES string of the molecule is COc1ccc(N2C(=S)N(c3ccc(OC)cc3)[C@H]3CS(=O)(=O)C[C@H]32)cc1. The summed E-state index contributed by atoms with van der Waals surface area (Å²) in [6.07, 6.45) is 0. The van der Waals surface area contributed by atoms with E-state index >= 15 is 0 Å². The summed E-state index contributed by atoms with van der Waals surface area (Å²) in [6.45, 7) is 0. The van der Waals surface area contributed by atoms with E-state index in [0.717, 1.165) is 22.9 Å². The maximum Gasteiger partial charge on any atom is 0.181 e. The molecule has 2 aromatic carbocycles. The van der Waals surface area contributed by atoms with Crippen LogP contribution in [0.25, 0.3) is 0 Å². The second kappa shape index (κ2) is 6.69. The van der Waals surface area contributed by atoms with E-state index in [2.05, 4.69) is 0 Å². The average molecular weight is 405 g/mol. The zero-order valence-electron chi connectivity index (χ0n) is 15.0. The Hall–Kier alpha value is -2.32. The summed E-state index contributed by atoms with van der Waals surface area (Å²) in [4.78, 5) is 3.91. The van der Waals surface area contributed by atoms with Crippen LogP contribution in [0.15, 0.2) is 48.5 Å². The predicted octanol–water partition coefficient (Wildman–Crippen LogP) is 2.48. The average Bonchev–Trinajstić information content (AvgIpc) is 3.10. The van der Waals surface area contributed by atoms with E-state index in [1.165, 1.54) is 0 Å². The molecule has 0 saturated carbocycles. The van der Waals surface area contributed by atoms with Gasteiger partial charge in [0.25, 0.3) is 0 Å². The first-order chi connectivity index (χ1) is 12.9. The van der Waals surface area contributed by atoms with E-state index in [0.29, 0.717) is 5.11 Å². The van der Waals surface area contributed by atoms with Crippen molar-refractivity contribution in [2.45, 2.75) is 12.1 Å². The van der Waals surface area contributed by atoms with E-state index in [1.807, 2.05) is 58.3 Å². The molecule has 2 aliphatic heterocycles. The lowest BCUT2D eigenvalue weighted by molar-refractivity contribution is 0.414. The van der Waals surface area contributed by atoms with Crippen LogP contribution in [0.1, 0.15) is 0 Å². The number of fused-ring (bicyclic) bond motifs is 1. The molecule has 0 unspecified atom stereocenters. The van der Waals surface area contributed by atoms with Gasteiger partial charge in [-0.2, -0.15) is 0 Å². The minimum atomic E-state index is -3.13. The van der Waals surface area contributed by atoms with E-state index < -0.39 is 9.84 Å². The fourth-order valence-electron chi connectivity index (χ4n) is 3.79. The van der Waals surface area contributed by atoms with Crippen LogP contribution in [0.5, 0.6) is 11.5 Å². The number of rotatable bonds is 4. The van der Waals surface area contributed by atoms with Crippen molar-refractivity contribution in [2.75, 3.05) is 35.5 Å². The molecule has 8 heteroatoms. The molecule has 0 radical (unpaired) electrons. The fourth-order valence-corrected chi connectivity index (χ4v) is 6.19. The summed E-state index contributed by atoms with van der Waals surface area (Å²) in [5.74, 6) is 1.67. The van der Waals surface area contributed by atoms with Gasteiger partial charge in [0, 0.05) is 11.4 Å². The molecule has 2 saturated heterocycles. The minimum Gasteiger partial charge on any atom is -0.497 e. The largest absolute Gasteiger partial charge is 0.497 e. The highest BCUT2D eigenvalue weighted by atomic mass is 32.2. The number of hydrogen-bond donors (Lipinski definition) is 0. The highest BCUT2D eigenvalue weighted by Gasteiger charge is 2.52. The summed E-state index contributed by atoms with van der Waals surface area (Å²) >= 11 is 5.77. The van der Waals surface area contributed by atoms with Crippen molar-refractivity contribution < 1.29 is 17.9 Å². The van der Waals surface area contributed by atoms with Gasteiger partial charge in [-0.05, 0) is 60.7 Å². The van der Waals surface area contributed by atoms with Gasteiger partial charge < -0.3 is 19.3 Å². The lowest BCUT2D eigenvalue weighted by Gasteiger charge is -2.26. The molecule has 2 heterocycles. The van der Waals surface area contributed by atoms with Crippen LogP contribution in [-0.4, -0.2) is 51.3 Å². The Bertz CT molecular complexity index is 887. The molecular formula is C19H20N2O4S2. The topological polar surface area (TPSA) is 59.1 Å². The zero-order valence-corrected chi connectivity index (χ0v) is 16.7.